The molecule has 0 radical (unpaired) electrons. The number of benzene rings is 1. The van der Waals surface area contributed by atoms with E-state index in [2.05, 4.69) is 45.3 Å². The zero-order valence-electron chi connectivity index (χ0n) is 11.5. The molecule has 1 aromatic carbocycles. The third kappa shape index (κ3) is 2.99. The standard InChI is InChI=1S/C14H24N2O/c1-6-10(3)14(16-15)13-11(4)7-9(2)8-12(13)17-5/h7-8,10,14,16H,6,15H2,1-5H3. The summed E-state index contributed by atoms with van der Waals surface area (Å²) in [5.74, 6) is 7.10. The number of hydrogen-bond acceptors (Lipinski definition) is 3. The molecule has 0 saturated heterocycles. The van der Waals surface area contributed by atoms with Crippen molar-refractivity contribution in [3.63, 3.8) is 0 Å². The van der Waals surface area contributed by atoms with E-state index >= 15 is 0 Å². The van der Waals surface area contributed by atoms with Crippen LogP contribution in [0, 0.1) is 19.8 Å². The Morgan fingerprint density at radius 2 is 2.00 bits per heavy atom. The van der Waals surface area contributed by atoms with Crippen LogP contribution in [0.2, 0.25) is 0 Å². The molecule has 3 nitrogen and oxygen atoms in total. The van der Waals surface area contributed by atoms with Crippen LogP contribution in [0.4, 0.5) is 0 Å². The number of ether oxygens (including phenoxy) is 1. The van der Waals surface area contributed by atoms with Gasteiger partial charge in [0.2, 0.25) is 0 Å². The molecular weight excluding hydrogens is 212 g/mol. The van der Waals surface area contributed by atoms with Gasteiger partial charge in [0.15, 0.2) is 0 Å². The average molecular weight is 236 g/mol. The maximum Gasteiger partial charge on any atom is 0.124 e. The second-order valence-electron chi connectivity index (χ2n) is 4.73. The maximum atomic E-state index is 5.71. The van der Waals surface area contributed by atoms with E-state index in [4.69, 9.17) is 10.6 Å². The van der Waals surface area contributed by atoms with E-state index in [1.165, 1.54) is 16.7 Å². The third-order valence-corrected chi connectivity index (χ3v) is 3.42. The fourth-order valence-corrected chi connectivity index (χ4v) is 2.28. The largest absolute Gasteiger partial charge is 0.496 e. The molecule has 0 fully saturated rings. The Balaban J connectivity index is 3.26. The van der Waals surface area contributed by atoms with Gasteiger partial charge in [-0.05, 0) is 37.0 Å². The van der Waals surface area contributed by atoms with Crippen molar-refractivity contribution in [3.8, 4) is 5.75 Å². The minimum atomic E-state index is 0.135. The third-order valence-electron chi connectivity index (χ3n) is 3.42. The Morgan fingerprint density at radius 3 is 2.47 bits per heavy atom. The van der Waals surface area contributed by atoms with Crippen LogP contribution < -0.4 is 16.0 Å². The molecule has 1 rings (SSSR count). The second-order valence-corrected chi connectivity index (χ2v) is 4.73. The van der Waals surface area contributed by atoms with Gasteiger partial charge in [0.1, 0.15) is 5.75 Å². The van der Waals surface area contributed by atoms with E-state index in [9.17, 15) is 0 Å². The highest BCUT2D eigenvalue weighted by atomic mass is 16.5. The van der Waals surface area contributed by atoms with Crippen LogP contribution in [0.3, 0.4) is 0 Å². The van der Waals surface area contributed by atoms with Crippen molar-refractivity contribution >= 4 is 0 Å². The van der Waals surface area contributed by atoms with Gasteiger partial charge in [0.25, 0.3) is 0 Å². The summed E-state index contributed by atoms with van der Waals surface area (Å²) in [4.78, 5) is 0. The average Bonchev–Trinajstić information content (AvgIpc) is 2.31. The summed E-state index contributed by atoms with van der Waals surface area (Å²) in [6.07, 6.45) is 1.07. The summed E-state index contributed by atoms with van der Waals surface area (Å²) in [5.41, 5.74) is 6.54. The predicted octanol–water partition coefficient (Wildman–Crippen LogP) is 2.86. The molecule has 0 heterocycles. The lowest BCUT2D eigenvalue weighted by atomic mass is 9.89. The quantitative estimate of drug-likeness (QED) is 0.610. The summed E-state index contributed by atoms with van der Waals surface area (Å²) in [6, 6.07) is 4.37. The summed E-state index contributed by atoms with van der Waals surface area (Å²) in [6.45, 7) is 8.55. The number of hydrogen-bond donors (Lipinski definition) is 2. The topological polar surface area (TPSA) is 47.3 Å². The molecule has 17 heavy (non-hydrogen) atoms. The van der Waals surface area contributed by atoms with Gasteiger partial charge >= 0.3 is 0 Å². The van der Waals surface area contributed by atoms with Crippen LogP contribution in [-0.4, -0.2) is 7.11 Å². The molecule has 0 aliphatic heterocycles. The van der Waals surface area contributed by atoms with Crippen LogP contribution in [0.25, 0.3) is 0 Å². The number of methoxy groups -OCH3 is 1. The molecule has 0 spiro atoms. The van der Waals surface area contributed by atoms with Crippen molar-refractivity contribution in [2.75, 3.05) is 7.11 Å². The molecule has 0 saturated carbocycles. The van der Waals surface area contributed by atoms with Gasteiger partial charge in [-0.15, -0.1) is 0 Å². The van der Waals surface area contributed by atoms with Crippen LogP contribution in [-0.2, 0) is 0 Å². The van der Waals surface area contributed by atoms with Crippen LogP contribution in [0.15, 0.2) is 12.1 Å². The molecule has 0 aliphatic rings. The molecule has 2 unspecified atom stereocenters. The number of aryl methyl sites for hydroxylation is 2. The minimum Gasteiger partial charge on any atom is -0.496 e. The molecule has 1 aromatic rings. The van der Waals surface area contributed by atoms with Crippen LogP contribution in [0.1, 0.15) is 43.0 Å². The van der Waals surface area contributed by atoms with E-state index in [1.54, 1.807) is 7.11 Å². The molecule has 2 atom stereocenters. The first-order chi connectivity index (χ1) is 8.04. The van der Waals surface area contributed by atoms with Gasteiger partial charge in [0, 0.05) is 5.56 Å². The Bertz CT molecular complexity index is 377. The molecular formula is C14H24N2O. The minimum absolute atomic E-state index is 0.135. The highest BCUT2D eigenvalue weighted by Gasteiger charge is 2.22. The zero-order chi connectivity index (χ0) is 13.0. The number of hydrazine groups is 1. The molecule has 3 heteroatoms. The van der Waals surface area contributed by atoms with Crippen molar-refractivity contribution < 1.29 is 4.74 Å². The summed E-state index contributed by atoms with van der Waals surface area (Å²) in [7, 11) is 1.71. The van der Waals surface area contributed by atoms with Gasteiger partial charge in [-0.1, -0.05) is 26.3 Å². The first-order valence-electron chi connectivity index (χ1n) is 6.16. The predicted molar refractivity (Wildman–Crippen MR) is 72.0 cm³/mol. The first kappa shape index (κ1) is 14.0. The van der Waals surface area contributed by atoms with E-state index in [-0.39, 0.29) is 6.04 Å². The van der Waals surface area contributed by atoms with Crippen LogP contribution >= 0.6 is 0 Å². The zero-order valence-corrected chi connectivity index (χ0v) is 11.5. The van der Waals surface area contributed by atoms with Gasteiger partial charge in [-0.2, -0.15) is 0 Å². The summed E-state index contributed by atoms with van der Waals surface area (Å²) < 4.78 is 5.49. The van der Waals surface area contributed by atoms with Crippen molar-refractivity contribution in [1.82, 2.24) is 5.43 Å². The lowest BCUT2D eigenvalue weighted by Gasteiger charge is -2.26. The molecule has 0 aromatic heterocycles. The fourth-order valence-electron chi connectivity index (χ4n) is 2.28. The van der Waals surface area contributed by atoms with Crippen molar-refractivity contribution in [2.24, 2.45) is 11.8 Å². The highest BCUT2D eigenvalue weighted by molar-refractivity contribution is 5.45. The number of rotatable bonds is 5. The van der Waals surface area contributed by atoms with Crippen molar-refractivity contribution in [2.45, 2.75) is 40.2 Å². The van der Waals surface area contributed by atoms with Gasteiger partial charge in [-0.3, -0.25) is 11.3 Å². The Morgan fingerprint density at radius 1 is 1.35 bits per heavy atom. The van der Waals surface area contributed by atoms with E-state index in [1.807, 2.05) is 0 Å². The second kappa shape index (κ2) is 6.03. The lowest BCUT2D eigenvalue weighted by molar-refractivity contribution is 0.353. The summed E-state index contributed by atoms with van der Waals surface area (Å²) in [5, 5.41) is 0. The van der Waals surface area contributed by atoms with Crippen LogP contribution in [0.5, 0.6) is 5.75 Å². The van der Waals surface area contributed by atoms with E-state index in [0.29, 0.717) is 5.92 Å². The lowest BCUT2D eigenvalue weighted by Crippen LogP contribution is -2.33. The van der Waals surface area contributed by atoms with Gasteiger partial charge in [-0.25, -0.2) is 0 Å². The van der Waals surface area contributed by atoms with Gasteiger partial charge < -0.3 is 4.74 Å². The molecule has 0 aliphatic carbocycles. The van der Waals surface area contributed by atoms with Gasteiger partial charge in [0.05, 0.1) is 13.2 Å². The normalized spacial score (nSPS) is 14.5. The molecule has 0 amide bonds. The Hall–Kier alpha value is -1.06. The SMILES string of the molecule is CCC(C)C(NN)c1c(C)cc(C)cc1OC. The molecule has 3 N–H and O–H groups in total. The molecule has 0 bridgehead atoms. The number of nitrogens with two attached hydrogens (primary N) is 1. The Labute approximate surface area is 104 Å². The smallest absolute Gasteiger partial charge is 0.124 e. The van der Waals surface area contributed by atoms with E-state index < -0.39 is 0 Å². The summed E-state index contributed by atoms with van der Waals surface area (Å²) >= 11 is 0. The van der Waals surface area contributed by atoms with E-state index in [0.717, 1.165) is 12.2 Å². The Kier molecular flexibility index (Phi) is 4.97. The highest BCUT2D eigenvalue weighted by Crippen LogP contribution is 2.34. The monoisotopic (exact) mass is 236 g/mol. The fraction of sp³-hybridized carbons (Fsp3) is 0.571. The molecule has 96 valence electrons. The first-order valence-corrected chi connectivity index (χ1v) is 6.16. The van der Waals surface area contributed by atoms with Crippen molar-refractivity contribution in [3.05, 3.63) is 28.8 Å². The number of nitrogens with one attached hydrogen (secondary N) is 1. The van der Waals surface area contributed by atoms with Crippen molar-refractivity contribution in [1.29, 1.82) is 0 Å². The maximum absolute atomic E-state index is 5.71.